The van der Waals surface area contributed by atoms with Crippen molar-refractivity contribution in [1.82, 2.24) is 0 Å². The van der Waals surface area contributed by atoms with E-state index >= 15 is 0 Å². The number of hydrogen-bond donors (Lipinski definition) is 1. The van der Waals surface area contributed by atoms with Crippen LogP contribution in [0.5, 0.6) is 0 Å². The molecule has 1 nitrogen and oxygen atoms in total. The maximum Gasteiger partial charge on any atom is 0.0640 e. The number of rotatable bonds is 0. The zero-order valence-electron chi connectivity index (χ0n) is 9.72. The Bertz CT molecular complexity index is 407. The quantitative estimate of drug-likeness (QED) is 0.705. The molecule has 0 bridgehead atoms. The summed E-state index contributed by atoms with van der Waals surface area (Å²) in [5, 5.41) is 4.48. The van der Waals surface area contributed by atoms with Crippen LogP contribution in [0.1, 0.15) is 44.6 Å². The summed E-state index contributed by atoms with van der Waals surface area (Å²) in [5.74, 6) is 0. The zero-order chi connectivity index (χ0) is 11.2. The van der Waals surface area contributed by atoms with Crippen molar-refractivity contribution in [3.8, 4) is 0 Å². The van der Waals surface area contributed by atoms with Crippen molar-refractivity contribution in [2.24, 2.45) is 0 Å². The molecular formula is C14H18ClN. The molecule has 1 aromatic carbocycles. The van der Waals surface area contributed by atoms with Crippen LogP contribution in [-0.4, -0.2) is 6.04 Å². The molecule has 0 radical (unpaired) electrons. The first-order valence-corrected chi connectivity index (χ1v) is 6.67. The van der Waals surface area contributed by atoms with Gasteiger partial charge in [-0.3, -0.25) is 0 Å². The maximum absolute atomic E-state index is 6.27. The van der Waals surface area contributed by atoms with Gasteiger partial charge in [-0.1, -0.05) is 43.0 Å². The van der Waals surface area contributed by atoms with Crippen LogP contribution in [0, 0.1) is 0 Å². The average molecular weight is 236 g/mol. The van der Waals surface area contributed by atoms with E-state index in [2.05, 4.69) is 24.4 Å². The SMILES string of the molecule is CC1Nc2c(Cl)cccc2C12CCCCC2. The molecule has 1 heterocycles. The minimum Gasteiger partial charge on any atom is -0.380 e. The first kappa shape index (κ1) is 10.5. The van der Waals surface area contributed by atoms with Gasteiger partial charge < -0.3 is 5.32 Å². The highest BCUT2D eigenvalue weighted by atomic mass is 35.5. The standard InChI is InChI=1S/C14H18ClN/c1-10-14(8-3-2-4-9-14)11-6-5-7-12(15)13(11)16-10/h5-7,10,16H,2-4,8-9H2,1H3. The average Bonchev–Trinajstić information content (AvgIpc) is 2.57. The molecule has 1 aliphatic heterocycles. The van der Waals surface area contributed by atoms with Crippen molar-refractivity contribution in [3.05, 3.63) is 28.8 Å². The van der Waals surface area contributed by atoms with E-state index in [1.54, 1.807) is 0 Å². The summed E-state index contributed by atoms with van der Waals surface area (Å²) in [6.45, 7) is 2.31. The molecule has 1 aromatic rings. The Morgan fingerprint density at radius 3 is 2.75 bits per heavy atom. The van der Waals surface area contributed by atoms with Crippen molar-refractivity contribution in [2.45, 2.75) is 50.5 Å². The second kappa shape index (κ2) is 3.66. The molecule has 1 spiro atoms. The van der Waals surface area contributed by atoms with E-state index in [4.69, 9.17) is 11.6 Å². The van der Waals surface area contributed by atoms with Gasteiger partial charge in [0.15, 0.2) is 0 Å². The van der Waals surface area contributed by atoms with Crippen LogP contribution in [0.4, 0.5) is 5.69 Å². The Morgan fingerprint density at radius 2 is 2.00 bits per heavy atom. The Kier molecular flexibility index (Phi) is 2.39. The van der Waals surface area contributed by atoms with Gasteiger partial charge in [-0.2, -0.15) is 0 Å². The summed E-state index contributed by atoms with van der Waals surface area (Å²) in [6, 6.07) is 6.88. The van der Waals surface area contributed by atoms with E-state index in [-0.39, 0.29) is 0 Å². The number of hydrogen-bond acceptors (Lipinski definition) is 1. The number of para-hydroxylation sites is 1. The molecule has 0 aromatic heterocycles. The summed E-state index contributed by atoms with van der Waals surface area (Å²) in [7, 11) is 0. The van der Waals surface area contributed by atoms with E-state index in [1.165, 1.54) is 43.4 Å². The summed E-state index contributed by atoms with van der Waals surface area (Å²) in [4.78, 5) is 0. The van der Waals surface area contributed by atoms with Crippen molar-refractivity contribution >= 4 is 17.3 Å². The van der Waals surface area contributed by atoms with Gasteiger partial charge in [-0.15, -0.1) is 0 Å². The topological polar surface area (TPSA) is 12.0 Å². The van der Waals surface area contributed by atoms with Crippen molar-refractivity contribution in [3.63, 3.8) is 0 Å². The largest absolute Gasteiger partial charge is 0.380 e. The third-order valence-corrected chi connectivity index (χ3v) is 4.80. The lowest BCUT2D eigenvalue weighted by molar-refractivity contribution is 0.277. The zero-order valence-corrected chi connectivity index (χ0v) is 10.5. The Hall–Kier alpha value is -0.690. The highest BCUT2D eigenvalue weighted by Gasteiger charge is 2.45. The molecular weight excluding hydrogens is 218 g/mol. The number of nitrogens with one attached hydrogen (secondary N) is 1. The number of fused-ring (bicyclic) bond motifs is 2. The first-order chi connectivity index (χ1) is 7.74. The van der Waals surface area contributed by atoms with Gasteiger partial charge in [0.25, 0.3) is 0 Å². The van der Waals surface area contributed by atoms with Gasteiger partial charge in [-0.05, 0) is 31.4 Å². The minimum absolute atomic E-state index is 0.360. The maximum atomic E-state index is 6.27. The highest BCUT2D eigenvalue weighted by molar-refractivity contribution is 6.33. The second-order valence-corrected chi connectivity index (χ2v) is 5.65. The summed E-state index contributed by atoms with van der Waals surface area (Å²) < 4.78 is 0. The normalized spacial score (nSPS) is 26.5. The summed E-state index contributed by atoms with van der Waals surface area (Å²) >= 11 is 6.27. The van der Waals surface area contributed by atoms with Gasteiger partial charge in [0.05, 0.1) is 10.7 Å². The lowest BCUT2D eigenvalue weighted by atomic mass is 9.67. The van der Waals surface area contributed by atoms with E-state index < -0.39 is 0 Å². The number of halogens is 1. The molecule has 0 saturated heterocycles. The van der Waals surface area contributed by atoms with Crippen molar-refractivity contribution < 1.29 is 0 Å². The van der Waals surface area contributed by atoms with E-state index in [9.17, 15) is 0 Å². The molecule has 1 fully saturated rings. The van der Waals surface area contributed by atoms with Gasteiger partial charge in [0, 0.05) is 11.5 Å². The van der Waals surface area contributed by atoms with Crippen LogP contribution in [0.15, 0.2) is 18.2 Å². The van der Waals surface area contributed by atoms with Gasteiger partial charge >= 0.3 is 0 Å². The van der Waals surface area contributed by atoms with Crippen LogP contribution >= 0.6 is 11.6 Å². The van der Waals surface area contributed by atoms with Gasteiger partial charge in [-0.25, -0.2) is 0 Å². The number of anilines is 1. The lowest BCUT2D eigenvalue weighted by Gasteiger charge is -2.37. The minimum atomic E-state index is 0.360. The van der Waals surface area contributed by atoms with E-state index in [1.807, 2.05) is 6.07 Å². The van der Waals surface area contributed by atoms with Crippen molar-refractivity contribution in [2.75, 3.05) is 5.32 Å². The predicted molar refractivity (Wildman–Crippen MR) is 69.3 cm³/mol. The highest BCUT2D eigenvalue weighted by Crippen LogP contribution is 2.51. The van der Waals surface area contributed by atoms with Crippen molar-refractivity contribution in [1.29, 1.82) is 0 Å². The molecule has 2 aliphatic rings. The number of benzene rings is 1. The Balaban J connectivity index is 2.11. The summed E-state index contributed by atoms with van der Waals surface area (Å²) in [5.41, 5.74) is 3.02. The van der Waals surface area contributed by atoms with E-state index in [0.717, 1.165) is 5.02 Å². The molecule has 2 heteroatoms. The second-order valence-electron chi connectivity index (χ2n) is 5.25. The third-order valence-electron chi connectivity index (χ3n) is 4.49. The molecule has 1 saturated carbocycles. The smallest absolute Gasteiger partial charge is 0.0640 e. The molecule has 3 rings (SSSR count). The molecule has 1 unspecified atom stereocenters. The molecule has 1 aliphatic carbocycles. The molecule has 1 N–H and O–H groups in total. The van der Waals surface area contributed by atoms with Gasteiger partial charge in [0.2, 0.25) is 0 Å². The lowest BCUT2D eigenvalue weighted by Crippen LogP contribution is -2.38. The van der Waals surface area contributed by atoms with Gasteiger partial charge in [0.1, 0.15) is 0 Å². The fourth-order valence-electron chi connectivity index (χ4n) is 3.56. The monoisotopic (exact) mass is 235 g/mol. The molecule has 0 amide bonds. The fourth-order valence-corrected chi connectivity index (χ4v) is 3.79. The Labute approximate surface area is 102 Å². The van der Waals surface area contributed by atoms with Crippen LogP contribution in [0.25, 0.3) is 0 Å². The molecule has 1 atom stereocenters. The predicted octanol–water partition coefficient (Wildman–Crippen LogP) is 4.36. The Morgan fingerprint density at radius 1 is 1.25 bits per heavy atom. The molecule has 86 valence electrons. The van der Waals surface area contributed by atoms with Crippen LogP contribution in [-0.2, 0) is 5.41 Å². The third kappa shape index (κ3) is 1.31. The van der Waals surface area contributed by atoms with Crippen LogP contribution in [0.2, 0.25) is 5.02 Å². The van der Waals surface area contributed by atoms with Crippen LogP contribution in [0.3, 0.4) is 0 Å². The summed E-state index contributed by atoms with van der Waals surface area (Å²) in [6.07, 6.45) is 6.74. The molecule has 16 heavy (non-hydrogen) atoms. The van der Waals surface area contributed by atoms with Crippen LogP contribution < -0.4 is 5.32 Å². The first-order valence-electron chi connectivity index (χ1n) is 6.29. The fraction of sp³-hybridized carbons (Fsp3) is 0.571. The van der Waals surface area contributed by atoms with E-state index in [0.29, 0.717) is 11.5 Å².